The average Bonchev–Trinajstić information content (AvgIpc) is 2.04. The molecule has 1 aromatic rings. The normalized spacial score (nSPS) is 9.42. The molecule has 0 saturated heterocycles. The monoisotopic (exact) mass is 184 g/mol. The molecule has 0 spiro atoms. The van der Waals surface area contributed by atoms with Crippen molar-refractivity contribution < 1.29 is 9.72 Å². The Balaban J connectivity index is 3.32. The number of hydrogen-bond donors (Lipinski definition) is 0. The average molecular weight is 185 g/mol. The highest BCUT2D eigenvalue weighted by Gasteiger charge is 2.14. The Bertz CT molecular complexity index is 337. The van der Waals surface area contributed by atoms with Crippen LogP contribution in [0.1, 0.15) is 5.56 Å². The van der Waals surface area contributed by atoms with Crippen LogP contribution >= 0.6 is 11.6 Å². The van der Waals surface area contributed by atoms with Crippen LogP contribution in [0.2, 0.25) is 5.02 Å². The first-order valence-electron chi connectivity index (χ1n) is 2.98. The molecule has 0 atom stereocenters. The van der Waals surface area contributed by atoms with Gasteiger partial charge in [0.05, 0.1) is 10.5 Å². The largest absolute Gasteiger partial charge is 0.288 e. The lowest BCUT2D eigenvalue weighted by atomic mass is 10.2. The lowest BCUT2D eigenvalue weighted by Crippen LogP contribution is -1.91. The fourth-order valence-electron chi connectivity index (χ4n) is 0.740. The highest BCUT2D eigenvalue weighted by atomic mass is 35.5. The minimum Gasteiger partial charge on any atom is -0.285 e. The number of nitro benzene ring substituents is 1. The number of hydrogen-bond acceptors (Lipinski definition) is 3. The number of carbonyl (C=O) groups excluding carboxylic acids is 1. The van der Waals surface area contributed by atoms with E-state index in [-0.39, 0.29) is 16.3 Å². The van der Waals surface area contributed by atoms with E-state index in [1.54, 1.807) is 0 Å². The summed E-state index contributed by atoms with van der Waals surface area (Å²) in [6.07, 6.45) is 1.50. The van der Waals surface area contributed by atoms with Crippen LogP contribution in [0.25, 0.3) is 0 Å². The molecular formula is C7H3ClNO3. The SMILES string of the molecule is O=[C]c1cccc([N+](=O)[O-])c1Cl. The van der Waals surface area contributed by atoms with Crippen molar-refractivity contribution in [3.8, 4) is 0 Å². The molecule has 0 N–H and O–H groups in total. The highest BCUT2D eigenvalue weighted by molar-refractivity contribution is 6.35. The van der Waals surface area contributed by atoms with Gasteiger partial charge in [-0.2, -0.15) is 0 Å². The standard InChI is InChI=1S/C7H3ClNO3/c8-7-5(4-10)2-1-3-6(7)9(11)12/h1-3H. The van der Waals surface area contributed by atoms with E-state index in [1.807, 2.05) is 0 Å². The predicted molar refractivity (Wildman–Crippen MR) is 42.9 cm³/mol. The molecule has 0 aliphatic rings. The van der Waals surface area contributed by atoms with Crippen molar-refractivity contribution in [2.75, 3.05) is 0 Å². The van der Waals surface area contributed by atoms with E-state index in [4.69, 9.17) is 11.6 Å². The van der Waals surface area contributed by atoms with Crippen molar-refractivity contribution in [2.45, 2.75) is 0 Å². The maximum absolute atomic E-state index is 10.3. The molecule has 61 valence electrons. The van der Waals surface area contributed by atoms with E-state index in [1.165, 1.54) is 24.5 Å². The molecule has 1 rings (SSSR count). The first-order valence-corrected chi connectivity index (χ1v) is 3.35. The lowest BCUT2D eigenvalue weighted by molar-refractivity contribution is -0.384. The zero-order valence-corrected chi connectivity index (χ0v) is 6.54. The Morgan fingerprint density at radius 3 is 2.67 bits per heavy atom. The minimum absolute atomic E-state index is 0.00543. The summed E-state index contributed by atoms with van der Waals surface area (Å²) in [5.74, 6) is 0. The quantitative estimate of drug-likeness (QED) is 0.519. The first-order chi connectivity index (χ1) is 5.66. The molecule has 0 heterocycles. The van der Waals surface area contributed by atoms with Crippen LogP contribution in [0, 0.1) is 10.1 Å². The van der Waals surface area contributed by atoms with Crippen LogP contribution in [0.5, 0.6) is 0 Å². The van der Waals surface area contributed by atoms with E-state index >= 15 is 0 Å². The second-order valence-electron chi connectivity index (χ2n) is 2.00. The molecule has 1 radical (unpaired) electrons. The number of benzene rings is 1. The number of nitro groups is 1. The Labute approximate surface area is 72.9 Å². The molecule has 0 unspecified atom stereocenters. The van der Waals surface area contributed by atoms with E-state index in [9.17, 15) is 14.9 Å². The van der Waals surface area contributed by atoms with Crippen LogP contribution in [0.15, 0.2) is 18.2 Å². The van der Waals surface area contributed by atoms with Crippen molar-refractivity contribution >= 4 is 23.6 Å². The molecule has 4 nitrogen and oxygen atoms in total. The summed E-state index contributed by atoms with van der Waals surface area (Å²) in [6.45, 7) is 0. The third-order valence-electron chi connectivity index (χ3n) is 1.28. The molecule has 0 aromatic heterocycles. The van der Waals surface area contributed by atoms with Crippen molar-refractivity contribution in [3.05, 3.63) is 38.9 Å². The maximum atomic E-state index is 10.3. The molecule has 0 fully saturated rings. The Hall–Kier alpha value is -1.42. The molecule has 1 aromatic carbocycles. The van der Waals surface area contributed by atoms with E-state index in [2.05, 4.69) is 0 Å². The maximum Gasteiger partial charge on any atom is 0.288 e. The van der Waals surface area contributed by atoms with Gasteiger partial charge in [0.1, 0.15) is 5.02 Å². The molecule has 0 aliphatic heterocycles. The zero-order chi connectivity index (χ0) is 9.14. The highest BCUT2D eigenvalue weighted by Crippen LogP contribution is 2.26. The fraction of sp³-hybridized carbons (Fsp3) is 0. The smallest absolute Gasteiger partial charge is 0.285 e. The topological polar surface area (TPSA) is 60.2 Å². The van der Waals surface area contributed by atoms with Gasteiger partial charge >= 0.3 is 0 Å². The van der Waals surface area contributed by atoms with Crippen molar-refractivity contribution in [1.82, 2.24) is 0 Å². The number of rotatable bonds is 2. The number of nitrogens with zero attached hydrogens (tertiary/aromatic N) is 1. The van der Waals surface area contributed by atoms with Gasteiger partial charge in [0.15, 0.2) is 0 Å². The van der Waals surface area contributed by atoms with Crippen LogP contribution in [-0.4, -0.2) is 11.2 Å². The first kappa shape index (κ1) is 8.67. The van der Waals surface area contributed by atoms with E-state index in [0.717, 1.165) is 0 Å². The summed E-state index contributed by atoms with van der Waals surface area (Å²) >= 11 is 5.50. The predicted octanol–water partition coefficient (Wildman–Crippen LogP) is 1.71. The van der Waals surface area contributed by atoms with E-state index < -0.39 is 4.92 Å². The molecule has 0 aliphatic carbocycles. The number of halogens is 1. The third kappa shape index (κ3) is 1.43. The Morgan fingerprint density at radius 2 is 2.17 bits per heavy atom. The van der Waals surface area contributed by atoms with Crippen LogP contribution < -0.4 is 0 Å². The second kappa shape index (κ2) is 3.32. The lowest BCUT2D eigenvalue weighted by Gasteiger charge is -1.95. The molecule has 0 amide bonds. The third-order valence-corrected chi connectivity index (χ3v) is 1.68. The van der Waals surface area contributed by atoms with Gasteiger partial charge in [-0.3, -0.25) is 14.9 Å². The van der Waals surface area contributed by atoms with Gasteiger partial charge in [-0.25, -0.2) is 0 Å². The fourth-order valence-corrected chi connectivity index (χ4v) is 0.973. The Morgan fingerprint density at radius 1 is 1.50 bits per heavy atom. The van der Waals surface area contributed by atoms with Crippen molar-refractivity contribution in [2.24, 2.45) is 0 Å². The summed E-state index contributed by atoms with van der Waals surface area (Å²) in [5.41, 5.74) is -0.275. The Kier molecular flexibility index (Phi) is 2.40. The summed E-state index contributed by atoms with van der Waals surface area (Å²) in [4.78, 5) is 19.8. The molecule has 5 heteroatoms. The summed E-state index contributed by atoms with van der Waals surface area (Å²) in [6, 6.07) is 3.97. The van der Waals surface area contributed by atoms with E-state index in [0.29, 0.717) is 0 Å². The second-order valence-corrected chi connectivity index (χ2v) is 2.38. The van der Waals surface area contributed by atoms with Crippen molar-refractivity contribution in [3.63, 3.8) is 0 Å². The van der Waals surface area contributed by atoms with Gasteiger partial charge in [0.25, 0.3) is 5.69 Å². The van der Waals surface area contributed by atoms with Crippen LogP contribution in [0.4, 0.5) is 5.69 Å². The molecular weight excluding hydrogens is 182 g/mol. The summed E-state index contributed by atoms with van der Waals surface area (Å²) < 4.78 is 0. The van der Waals surface area contributed by atoms with Gasteiger partial charge in [-0.15, -0.1) is 0 Å². The molecule has 0 bridgehead atoms. The van der Waals surface area contributed by atoms with Gasteiger partial charge < -0.3 is 0 Å². The summed E-state index contributed by atoms with van der Waals surface area (Å²) in [5, 5.41) is 10.1. The van der Waals surface area contributed by atoms with Crippen LogP contribution in [-0.2, 0) is 4.79 Å². The molecule has 0 saturated carbocycles. The van der Waals surface area contributed by atoms with Crippen molar-refractivity contribution in [1.29, 1.82) is 0 Å². The molecule has 12 heavy (non-hydrogen) atoms. The van der Waals surface area contributed by atoms with Gasteiger partial charge in [0.2, 0.25) is 6.29 Å². The van der Waals surface area contributed by atoms with Gasteiger partial charge in [-0.1, -0.05) is 17.7 Å². The van der Waals surface area contributed by atoms with Crippen LogP contribution in [0.3, 0.4) is 0 Å². The van der Waals surface area contributed by atoms with Gasteiger partial charge in [-0.05, 0) is 6.07 Å². The van der Waals surface area contributed by atoms with Gasteiger partial charge in [0, 0.05) is 6.07 Å². The minimum atomic E-state index is -0.650. The summed E-state index contributed by atoms with van der Waals surface area (Å²) in [7, 11) is 0. The zero-order valence-electron chi connectivity index (χ0n) is 5.78.